The molecule has 0 aliphatic rings. The monoisotopic (exact) mass is 276 g/mol. The highest BCUT2D eigenvalue weighted by atomic mass is 32.2. The topological polar surface area (TPSA) is 51.2 Å². The lowest BCUT2D eigenvalue weighted by atomic mass is 10.1. The van der Waals surface area contributed by atoms with Crippen LogP contribution in [0.4, 0.5) is 4.39 Å². The minimum absolute atomic E-state index is 0.00548. The summed E-state index contributed by atoms with van der Waals surface area (Å²) < 4.78 is 35.3. The zero-order valence-electron chi connectivity index (χ0n) is 9.57. The second-order valence-corrected chi connectivity index (χ2v) is 7.04. The number of ketones is 1. The quantitative estimate of drug-likeness (QED) is 0.611. The van der Waals surface area contributed by atoms with Crippen molar-refractivity contribution in [1.82, 2.24) is 0 Å². The Kier molecular flexibility index (Phi) is 4.70. The third-order valence-electron chi connectivity index (χ3n) is 2.04. The minimum Gasteiger partial charge on any atom is -0.294 e. The van der Waals surface area contributed by atoms with Crippen molar-refractivity contribution in [1.29, 1.82) is 0 Å². The Morgan fingerprint density at radius 3 is 2.59 bits per heavy atom. The van der Waals surface area contributed by atoms with Gasteiger partial charge in [-0.25, -0.2) is 12.8 Å². The highest BCUT2D eigenvalue weighted by Crippen LogP contribution is 2.25. The summed E-state index contributed by atoms with van der Waals surface area (Å²) in [6.07, 6.45) is 1.14. The van der Waals surface area contributed by atoms with Gasteiger partial charge in [0, 0.05) is 16.9 Å². The molecule has 1 aromatic rings. The summed E-state index contributed by atoms with van der Waals surface area (Å²) >= 11 is 1.18. The van der Waals surface area contributed by atoms with E-state index in [1.54, 1.807) is 6.07 Å². The molecular weight excluding hydrogens is 263 g/mol. The largest absolute Gasteiger partial charge is 0.294 e. The van der Waals surface area contributed by atoms with Gasteiger partial charge in [-0.3, -0.25) is 4.79 Å². The van der Waals surface area contributed by atoms with E-state index in [0.717, 1.165) is 6.26 Å². The SMILES string of the molecule is CC(=O)c1c(F)cccc1SCCS(C)(=O)=O. The Labute approximate surface area is 104 Å². The fraction of sp³-hybridized carbons (Fsp3) is 0.364. The van der Waals surface area contributed by atoms with Crippen molar-refractivity contribution < 1.29 is 17.6 Å². The van der Waals surface area contributed by atoms with E-state index in [0.29, 0.717) is 10.6 Å². The van der Waals surface area contributed by atoms with Crippen LogP contribution in [0.15, 0.2) is 23.1 Å². The van der Waals surface area contributed by atoms with Crippen molar-refractivity contribution in [3.63, 3.8) is 0 Å². The Bertz CT molecular complexity index is 524. The average molecular weight is 276 g/mol. The lowest BCUT2D eigenvalue weighted by Crippen LogP contribution is -2.06. The van der Waals surface area contributed by atoms with Crippen molar-refractivity contribution in [2.75, 3.05) is 17.8 Å². The number of hydrogen-bond donors (Lipinski definition) is 0. The summed E-state index contributed by atoms with van der Waals surface area (Å²) in [6, 6.07) is 4.34. The standard InChI is InChI=1S/C11H13FO3S2/c1-8(13)11-9(12)4-3-5-10(11)16-6-7-17(2,14)15/h3-5H,6-7H2,1-2H3. The maximum absolute atomic E-state index is 13.4. The van der Waals surface area contributed by atoms with Crippen LogP contribution >= 0.6 is 11.8 Å². The van der Waals surface area contributed by atoms with Gasteiger partial charge in [0.25, 0.3) is 0 Å². The first kappa shape index (κ1) is 14.2. The molecule has 94 valence electrons. The Hall–Kier alpha value is -0.880. The maximum atomic E-state index is 13.4. The summed E-state index contributed by atoms with van der Waals surface area (Å²) in [6.45, 7) is 1.29. The van der Waals surface area contributed by atoms with E-state index in [-0.39, 0.29) is 17.1 Å². The Balaban J connectivity index is 2.85. The smallest absolute Gasteiger partial charge is 0.163 e. The number of Topliss-reactive ketones (excluding diaryl/α,β-unsaturated/α-hetero) is 1. The fourth-order valence-electron chi connectivity index (χ4n) is 1.27. The number of benzene rings is 1. The number of thioether (sulfide) groups is 1. The van der Waals surface area contributed by atoms with Crippen LogP contribution in [0, 0.1) is 5.82 Å². The molecule has 0 saturated carbocycles. The van der Waals surface area contributed by atoms with E-state index < -0.39 is 15.7 Å². The second-order valence-electron chi connectivity index (χ2n) is 3.65. The third kappa shape index (κ3) is 4.47. The van der Waals surface area contributed by atoms with Crippen molar-refractivity contribution in [3.8, 4) is 0 Å². The van der Waals surface area contributed by atoms with E-state index in [9.17, 15) is 17.6 Å². The van der Waals surface area contributed by atoms with Crippen molar-refractivity contribution in [3.05, 3.63) is 29.6 Å². The van der Waals surface area contributed by atoms with Crippen LogP contribution in [0.25, 0.3) is 0 Å². The van der Waals surface area contributed by atoms with Crippen LogP contribution in [0.2, 0.25) is 0 Å². The number of sulfone groups is 1. The molecule has 6 heteroatoms. The molecular formula is C11H13FO3S2. The van der Waals surface area contributed by atoms with Crippen LogP contribution in [-0.2, 0) is 9.84 Å². The fourth-order valence-corrected chi connectivity index (χ4v) is 3.59. The molecule has 1 rings (SSSR count). The van der Waals surface area contributed by atoms with E-state index in [2.05, 4.69) is 0 Å². The zero-order valence-corrected chi connectivity index (χ0v) is 11.2. The molecule has 3 nitrogen and oxygen atoms in total. The van der Waals surface area contributed by atoms with Crippen LogP contribution in [0.1, 0.15) is 17.3 Å². The predicted molar refractivity (Wildman–Crippen MR) is 66.8 cm³/mol. The van der Waals surface area contributed by atoms with Gasteiger partial charge < -0.3 is 0 Å². The molecule has 0 atom stereocenters. The summed E-state index contributed by atoms with van der Waals surface area (Å²) in [7, 11) is -3.04. The molecule has 0 fully saturated rings. The average Bonchev–Trinajstić information content (AvgIpc) is 2.14. The molecule has 0 spiro atoms. The summed E-state index contributed by atoms with van der Waals surface area (Å²) in [5.74, 6) is -0.611. The molecule has 17 heavy (non-hydrogen) atoms. The Morgan fingerprint density at radius 1 is 1.41 bits per heavy atom. The third-order valence-corrected chi connectivity index (χ3v) is 4.30. The van der Waals surface area contributed by atoms with E-state index in [1.807, 2.05) is 0 Å². The number of carbonyl (C=O) groups excluding carboxylic acids is 1. The van der Waals surface area contributed by atoms with Crippen LogP contribution in [0.5, 0.6) is 0 Å². The number of carbonyl (C=O) groups is 1. The molecule has 1 aromatic carbocycles. The lowest BCUT2D eigenvalue weighted by Gasteiger charge is -2.06. The van der Waals surface area contributed by atoms with E-state index in [1.165, 1.54) is 30.8 Å². The molecule has 0 unspecified atom stereocenters. The van der Waals surface area contributed by atoms with E-state index in [4.69, 9.17) is 0 Å². The van der Waals surface area contributed by atoms with Crippen LogP contribution < -0.4 is 0 Å². The van der Waals surface area contributed by atoms with Crippen molar-refractivity contribution in [2.45, 2.75) is 11.8 Å². The van der Waals surface area contributed by atoms with Gasteiger partial charge in [-0.2, -0.15) is 0 Å². The second kappa shape index (κ2) is 5.64. The van der Waals surface area contributed by atoms with Crippen LogP contribution in [0.3, 0.4) is 0 Å². The van der Waals surface area contributed by atoms with Crippen LogP contribution in [-0.4, -0.2) is 32.0 Å². The maximum Gasteiger partial charge on any atom is 0.163 e. The molecule has 0 amide bonds. The molecule has 0 radical (unpaired) electrons. The van der Waals surface area contributed by atoms with Gasteiger partial charge >= 0.3 is 0 Å². The molecule has 0 aliphatic heterocycles. The normalized spacial score (nSPS) is 11.5. The van der Waals surface area contributed by atoms with Gasteiger partial charge in [0.05, 0.1) is 11.3 Å². The molecule has 0 aliphatic carbocycles. The first-order valence-electron chi connectivity index (χ1n) is 4.91. The summed E-state index contributed by atoms with van der Waals surface area (Å²) in [4.78, 5) is 11.8. The first-order chi connectivity index (χ1) is 7.81. The highest BCUT2D eigenvalue weighted by molar-refractivity contribution is 8.00. The molecule has 0 aromatic heterocycles. The lowest BCUT2D eigenvalue weighted by molar-refractivity contribution is 0.101. The molecule has 0 heterocycles. The zero-order chi connectivity index (χ0) is 13.1. The molecule has 0 N–H and O–H groups in total. The summed E-state index contributed by atoms with van der Waals surface area (Å²) in [5, 5.41) is 0. The molecule has 0 bridgehead atoms. The van der Waals surface area contributed by atoms with Crippen molar-refractivity contribution >= 4 is 27.4 Å². The number of halogens is 1. The minimum atomic E-state index is -3.04. The van der Waals surface area contributed by atoms with Crippen molar-refractivity contribution in [2.24, 2.45) is 0 Å². The number of hydrogen-bond acceptors (Lipinski definition) is 4. The Morgan fingerprint density at radius 2 is 2.06 bits per heavy atom. The molecule has 0 saturated heterocycles. The predicted octanol–water partition coefficient (Wildman–Crippen LogP) is 2.17. The van der Waals surface area contributed by atoms with Gasteiger partial charge in [0.1, 0.15) is 15.7 Å². The first-order valence-corrected chi connectivity index (χ1v) is 7.96. The van der Waals surface area contributed by atoms with Gasteiger partial charge in [-0.15, -0.1) is 11.8 Å². The van der Waals surface area contributed by atoms with E-state index >= 15 is 0 Å². The highest BCUT2D eigenvalue weighted by Gasteiger charge is 2.13. The van der Waals surface area contributed by atoms with Gasteiger partial charge in [0.15, 0.2) is 5.78 Å². The number of rotatable bonds is 5. The van der Waals surface area contributed by atoms with Gasteiger partial charge in [-0.05, 0) is 19.1 Å². The van der Waals surface area contributed by atoms with Gasteiger partial charge in [0.2, 0.25) is 0 Å². The van der Waals surface area contributed by atoms with Gasteiger partial charge in [-0.1, -0.05) is 6.07 Å². The summed E-state index contributed by atoms with van der Waals surface area (Å²) in [5.41, 5.74) is 0.0333.